The molecule has 1 amide bonds. The van der Waals surface area contributed by atoms with Crippen molar-refractivity contribution in [3.05, 3.63) is 64.9 Å². The monoisotopic (exact) mass is 311 g/mol. The molecule has 0 bridgehead atoms. The van der Waals surface area contributed by atoms with Crippen LogP contribution in [0.15, 0.2) is 57.9 Å². The highest BCUT2D eigenvalue weighted by Crippen LogP contribution is 2.19. The maximum absolute atomic E-state index is 12.2. The number of benzene rings is 1. The third-order valence-corrected chi connectivity index (χ3v) is 3.38. The maximum atomic E-state index is 12.2. The summed E-state index contributed by atoms with van der Waals surface area (Å²) in [6.07, 6.45) is 1.50. The van der Waals surface area contributed by atoms with Crippen LogP contribution in [0.1, 0.15) is 11.7 Å². The molecule has 2 heterocycles. The summed E-state index contributed by atoms with van der Waals surface area (Å²) in [5, 5.41) is 8.29. The first kappa shape index (κ1) is 14.7. The molecule has 116 valence electrons. The summed E-state index contributed by atoms with van der Waals surface area (Å²) in [5.74, 6) is 3.76. The Balaban J connectivity index is 2.20. The fourth-order valence-electron chi connectivity index (χ4n) is 2.35. The summed E-state index contributed by atoms with van der Waals surface area (Å²) in [6.45, 7) is 0. The number of aromatic nitrogens is 2. The second-order valence-electron chi connectivity index (χ2n) is 4.75. The molecule has 1 aromatic carbocycles. The van der Waals surface area contributed by atoms with Crippen LogP contribution in [0, 0.1) is 5.41 Å². The Morgan fingerprint density at radius 1 is 1.26 bits per heavy atom. The van der Waals surface area contributed by atoms with E-state index in [0.717, 1.165) is 4.57 Å². The van der Waals surface area contributed by atoms with Gasteiger partial charge in [-0.3, -0.25) is 19.8 Å². The number of carbonyl (C=O) groups excluding carboxylic acids is 1. The number of hydrogen-bond acceptors (Lipinski definition) is 6. The van der Waals surface area contributed by atoms with E-state index in [1.807, 2.05) is 5.43 Å². The van der Waals surface area contributed by atoms with Crippen LogP contribution in [0.25, 0.3) is 11.1 Å². The molecule has 8 nitrogen and oxygen atoms in total. The molecule has 2 aromatic heterocycles. The molecule has 1 unspecified atom stereocenters. The number of rotatable bonds is 4. The van der Waals surface area contributed by atoms with E-state index in [4.69, 9.17) is 15.7 Å². The summed E-state index contributed by atoms with van der Waals surface area (Å²) < 4.78 is 6.22. The molecule has 0 radical (unpaired) electrons. The van der Waals surface area contributed by atoms with Gasteiger partial charge in [-0.2, -0.15) is 0 Å². The van der Waals surface area contributed by atoms with Gasteiger partial charge >= 0.3 is 5.76 Å². The first-order valence-corrected chi connectivity index (χ1v) is 6.74. The third kappa shape index (κ3) is 2.51. The minimum Gasteiger partial charge on any atom is -0.408 e. The van der Waals surface area contributed by atoms with E-state index in [-0.39, 0.29) is 11.4 Å². The van der Waals surface area contributed by atoms with Gasteiger partial charge in [-0.1, -0.05) is 18.2 Å². The van der Waals surface area contributed by atoms with Gasteiger partial charge in [0.25, 0.3) is 5.91 Å². The van der Waals surface area contributed by atoms with Gasteiger partial charge in [-0.15, -0.1) is 0 Å². The van der Waals surface area contributed by atoms with E-state index in [1.165, 1.54) is 6.20 Å². The smallest absolute Gasteiger partial charge is 0.408 e. The molecule has 0 aliphatic rings. The van der Waals surface area contributed by atoms with Gasteiger partial charge in [0.05, 0.1) is 16.9 Å². The number of hydrazine groups is 1. The van der Waals surface area contributed by atoms with E-state index in [9.17, 15) is 9.59 Å². The fraction of sp³-hybridized carbons (Fsp3) is 0.0667. The molecule has 0 fully saturated rings. The zero-order valence-electron chi connectivity index (χ0n) is 11.9. The number of fused-ring (bicyclic) bond motifs is 1. The highest BCUT2D eigenvalue weighted by atomic mass is 16.4. The van der Waals surface area contributed by atoms with Crippen molar-refractivity contribution in [3.63, 3.8) is 0 Å². The summed E-state index contributed by atoms with van der Waals surface area (Å²) >= 11 is 0. The Bertz CT molecular complexity index is 929. The average molecular weight is 311 g/mol. The molecule has 4 N–H and O–H groups in total. The average Bonchev–Trinajstić information content (AvgIpc) is 2.92. The summed E-state index contributed by atoms with van der Waals surface area (Å²) in [4.78, 5) is 28.5. The van der Waals surface area contributed by atoms with Gasteiger partial charge in [0, 0.05) is 6.20 Å². The van der Waals surface area contributed by atoms with Crippen molar-refractivity contribution in [1.29, 1.82) is 5.41 Å². The molecule has 23 heavy (non-hydrogen) atoms. The van der Waals surface area contributed by atoms with Crippen LogP contribution in [0.2, 0.25) is 0 Å². The van der Waals surface area contributed by atoms with Gasteiger partial charge in [0.1, 0.15) is 0 Å². The summed E-state index contributed by atoms with van der Waals surface area (Å²) in [7, 11) is 0. The lowest BCUT2D eigenvalue weighted by Crippen LogP contribution is -2.43. The Morgan fingerprint density at radius 2 is 2.00 bits per heavy atom. The quantitative estimate of drug-likeness (QED) is 0.281. The van der Waals surface area contributed by atoms with Crippen molar-refractivity contribution in [2.45, 2.75) is 6.04 Å². The van der Waals surface area contributed by atoms with Gasteiger partial charge in [-0.25, -0.2) is 10.6 Å². The molecule has 1 atom stereocenters. The number of nitrogens with one attached hydrogen (secondary N) is 2. The number of nitrogens with two attached hydrogens (primary N) is 1. The molecule has 3 rings (SSSR count). The zero-order chi connectivity index (χ0) is 16.4. The van der Waals surface area contributed by atoms with E-state index in [1.54, 1.807) is 42.5 Å². The molecular formula is C15H13N5O3. The number of hydrogen-bond donors (Lipinski definition) is 3. The Kier molecular flexibility index (Phi) is 3.73. The van der Waals surface area contributed by atoms with Crippen LogP contribution in [0.5, 0.6) is 0 Å². The van der Waals surface area contributed by atoms with Crippen molar-refractivity contribution >= 4 is 22.7 Å². The number of oxazole rings is 1. The van der Waals surface area contributed by atoms with Gasteiger partial charge < -0.3 is 9.83 Å². The lowest BCUT2D eigenvalue weighted by molar-refractivity contribution is -0.122. The van der Waals surface area contributed by atoms with Gasteiger partial charge in [0.15, 0.2) is 11.6 Å². The molecule has 3 aromatic rings. The fourth-order valence-corrected chi connectivity index (χ4v) is 2.35. The Morgan fingerprint density at radius 3 is 2.70 bits per heavy atom. The van der Waals surface area contributed by atoms with Crippen LogP contribution in [0.4, 0.5) is 0 Å². The Hall–Kier alpha value is -3.26. The second-order valence-corrected chi connectivity index (χ2v) is 4.75. The molecule has 0 spiro atoms. The van der Waals surface area contributed by atoms with Crippen LogP contribution in [0.3, 0.4) is 0 Å². The molecule has 0 saturated heterocycles. The standard InChI is InChI=1S/C15H13N5O3/c16-12(9-5-3-4-8-18-9)13(14(21)19-17)20-10-6-1-2-7-11(10)23-15(20)22/h1-8,13,16H,17H2,(H,19,21). The predicted octanol–water partition coefficient (Wildman–Crippen LogP) is 0.589. The normalized spacial score (nSPS) is 12.0. The minimum absolute atomic E-state index is 0.165. The van der Waals surface area contributed by atoms with Crippen LogP contribution in [-0.4, -0.2) is 21.2 Å². The molecule has 0 aliphatic carbocycles. The number of para-hydroxylation sites is 2. The Labute approximate surface area is 130 Å². The maximum Gasteiger partial charge on any atom is 0.421 e. The lowest BCUT2D eigenvalue weighted by Gasteiger charge is -2.17. The van der Waals surface area contributed by atoms with E-state index < -0.39 is 17.7 Å². The topological polar surface area (TPSA) is 127 Å². The molecular weight excluding hydrogens is 298 g/mol. The van der Waals surface area contributed by atoms with Crippen LogP contribution < -0.4 is 17.0 Å². The minimum atomic E-state index is -1.29. The van der Waals surface area contributed by atoms with Crippen molar-refractivity contribution in [1.82, 2.24) is 15.0 Å². The van der Waals surface area contributed by atoms with Crippen molar-refractivity contribution in [3.8, 4) is 0 Å². The first-order chi connectivity index (χ1) is 11.1. The third-order valence-electron chi connectivity index (χ3n) is 3.38. The second kappa shape index (κ2) is 5.85. The first-order valence-electron chi connectivity index (χ1n) is 6.74. The van der Waals surface area contributed by atoms with E-state index in [0.29, 0.717) is 11.1 Å². The predicted molar refractivity (Wildman–Crippen MR) is 82.9 cm³/mol. The van der Waals surface area contributed by atoms with Crippen LogP contribution in [-0.2, 0) is 4.79 Å². The largest absolute Gasteiger partial charge is 0.421 e. The van der Waals surface area contributed by atoms with E-state index >= 15 is 0 Å². The van der Waals surface area contributed by atoms with Gasteiger partial charge in [-0.05, 0) is 24.3 Å². The SMILES string of the molecule is N=C(c1ccccn1)C(C(=O)NN)n1c(=O)oc2ccccc21. The molecule has 0 saturated carbocycles. The van der Waals surface area contributed by atoms with E-state index in [2.05, 4.69) is 4.98 Å². The highest BCUT2D eigenvalue weighted by molar-refractivity contribution is 6.12. The van der Waals surface area contributed by atoms with Crippen molar-refractivity contribution < 1.29 is 9.21 Å². The number of carbonyl (C=O) groups is 1. The van der Waals surface area contributed by atoms with Crippen molar-refractivity contribution in [2.75, 3.05) is 0 Å². The molecule has 0 aliphatic heterocycles. The number of nitrogens with zero attached hydrogens (tertiary/aromatic N) is 2. The summed E-state index contributed by atoms with van der Waals surface area (Å²) in [5.41, 5.74) is 2.80. The zero-order valence-corrected chi connectivity index (χ0v) is 11.9. The summed E-state index contributed by atoms with van der Waals surface area (Å²) in [6, 6.07) is 10.3. The van der Waals surface area contributed by atoms with Crippen molar-refractivity contribution in [2.24, 2.45) is 5.84 Å². The molecule has 8 heteroatoms. The van der Waals surface area contributed by atoms with Gasteiger partial charge in [0.2, 0.25) is 0 Å². The highest BCUT2D eigenvalue weighted by Gasteiger charge is 2.30. The van der Waals surface area contributed by atoms with Crippen LogP contribution >= 0.6 is 0 Å². The number of pyridine rings is 1. The number of amides is 1. The lowest BCUT2D eigenvalue weighted by atomic mass is 10.1.